The Labute approximate surface area is 91.6 Å². The predicted octanol–water partition coefficient (Wildman–Crippen LogP) is 3.40. The van der Waals surface area contributed by atoms with Gasteiger partial charge in [0.15, 0.2) is 5.78 Å². The maximum Gasteiger partial charge on any atom is 0.161 e. The van der Waals surface area contributed by atoms with Gasteiger partial charge in [-0.2, -0.15) is 0 Å². The van der Waals surface area contributed by atoms with E-state index in [4.69, 9.17) is 0 Å². The molecule has 0 spiro atoms. The van der Waals surface area contributed by atoms with Gasteiger partial charge in [0.2, 0.25) is 0 Å². The van der Waals surface area contributed by atoms with Gasteiger partial charge in [0.05, 0.1) is 0 Å². The van der Waals surface area contributed by atoms with Crippen LogP contribution in [0.4, 0.5) is 4.39 Å². The Bertz CT molecular complexity index is 338. The normalized spacial score (nSPS) is 10.0. The Morgan fingerprint density at radius 1 is 1.58 bits per heavy atom. The van der Waals surface area contributed by atoms with Gasteiger partial charge in [-0.3, -0.25) is 4.79 Å². The summed E-state index contributed by atoms with van der Waals surface area (Å²) in [7, 11) is 0. The summed E-state index contributed by atoms with van der Waals surface area (Å²) in [5.41, 5.74) is 0.419. The molecule has 0 amide bonds. The minimum atomic E-state index is -0.396. The molecule has 0 heterocycles. The van der Waals surface area contributed by atoms with Crippen molar-refractivity contribution >= 4 is 44.3 Å². The predicted molar refractivity (Wildman–Crippen MR) is 56.8 cm³/mol. The van der Waals surface area contributed by atoms with E-state index in [1.54, 1.807) is 0 Å². The van der Waals surface area contributed by atoms with Gasteiger partial charge in [-0.05, 0) is 57.6 Å². The molecular formula is C8H5BrFIO. The number of hydrogen-bond acceptors (Lipinski definition) is 1. The van der Waals surface area contributed by atoms with Crippen LogP contribution in [0.25, 0.3) is 0 Å². The molecule has 64 valence electrons. The summed E-state index contributed by atoms with van der Waals surface area (Å²) in [4.78, 5) is 11.0. The van der Waals surface area contributed by atoms with Crippen molar-refractivity contribution in [3.8, 4) is 0 Å². The molecular weight excluding hydrogens is 338 g/mol. The monoisotopic (exact) mass is 342 g/mol. The highest BCUT2D eigenvalue weighted by molar-refractivity contribution is 14.1. The van der Waals surface area contributed by atoms with E-state index in [0.717, 1.165) is 3.57 Å². The lowest BCUT2D eigenvalue weighted by molar-refractivity contribution is 0.101. The summed E-state index contributed by atoms with van der Waals surface area (Å²) < 4.78 is 14.2. The van der Waals surface area contributed by atoms with E-state index in [9.17, 15) is 9.18 Å². The molecule has 0 aliphatic carbocycles. The zero-order valence-electron chi connectivity index (χ0n) is 6.20. The lowest BCUT2D eigenvalue weighted by Gasteiger charge is -2.02. The fourth-order valence-corrected chi connectivity index (χ4v) is 1.94. The zero-order chi connectivity index (χ0) is 9.30. The summed E-state index contributed by atoms with van der Waals surface area (Å²) in [6.45, 7) is 1.42. The van der Waals surface area contributed by atoms with Crippen molar-refractivity contribution in [1.82, 2.24) is 0 Å². The summed E-state index contributed by atoms with van der Waals surface area (Å²) >= 11 is 5.17. The van der Waals surface area contributed by atoms with Crippen molar-refractivity contribution < 1.29 is 9.18 Å². The highest BCUT2D eigenvalue weighted by Crippen LogP contribution is 2.24. The first-order valence-corrected chi connectivity index (χ1v) is 5.05. The molecule has 0 radical (unpaired) electrons. The van der Waals surface area contributed by atoms with Crippen molar-refractivity contribution in [2.45, 2.75) is 6.92 Å². The van der Waals surface area contributed by atoms with Crippen molar-refractivity contribution in [2.75, 3.05) is 0 Å². The third kappa shape index (κ3) is 2.04. The Morgan fingerprint density at radius 3 is 2.67 bits per heavy atom. The first-order chi connectivity index (χ1) is 5.52. The number of benzene rings is 1. The lowest BCUT2D eigenvalue weighted by Crippen LogP contribution is -1.97. The van der Waals surface area contributed by atoms with Gasteiger partial charge in [-0.15, -0.1) is 0 Å². The van der Waals surface area contributed by atoms with Crippen LogP contribution in [0.5, 0.6) is 0 Å². The number of carbonyl (C=O) groups is 1. The largest absolute Gasteiger partial charge is 0.294 e. The van der Waals surface area contributed by atoms with Crippen molar-refractivity contribution in [3.05, 3.63) is 31.6 Å². The standard InChI is InChI=1S/C8H5BrFIO/c1-4(12)6-2-5(10)3-7(9)8(6)11/h2-3H,1H3. The number of carbonyl (C=O) groups excluding carboxylic acids is 1. The summed E-state index contributed by atoms with van der Waals surface area (Å²) in [6.07, 6.45) is 0. The maximum absolute atomic E-state index is 12.8. The van der Waals surface area contributed by atoms with E-state index in [2.05, 4.69) is 15.9 Å². The fourth-order valence-electron chi connectivity index (χ4n) is 0.812. The van der Waals surface area contributed by atoms with Crippen LogP contribution in [-0.2, 0) is 0 Å². The topological polar surface area (TPSA) is 17.1 Å². The van der Waals surface area contributed by atoms with Gasteiger partial charge in [0.25, 0.3) is 0 Å². The minimum absolute atomic E-state index is 0.125. The van der Waals surface area contributed by atoms with Crippen LogP contribution in [0.1, 0.15) is 17.3 Å². The van der Waals surface area contributed by atoms with E-state index in [1.807, 2.05) is 22.6 Å². The number of hydrogen-bond donors (Lipinski definition) is 0. The molecule has 0 bridgehead atoms. The molecule has 0 aliphatic heterocycles. The number of Topliss-reactive ketones (excluding diaryl/α,β-unsaturated/α-hetero) is 1. The van der Waals surface area contributed by atoms with Crippen molar-refractivity contribution in [3.63, 3.8) is 0 Å². The van der Waals surface area contributed by atoms with Crippen LogP contribution < -0.4 is 0 Å². The van der Waals surface area contributed by atoms with Crippen LogP contribution in [0.3, 0.4) is 0 Å². The van der Waals surface area contributed by atoms with Gasteiger partial charge in [0, 0.05) is 13.6 Å². The molecule has 0 N–H and O–H groups in total. The Kier molecular flexibility index (Phi) is 3.22. The smallest absolute Gasteiger partial charge is 0.161 e. The SMILES string of the molecule is CC(=O)c1cc(F)cc(Br)c1I. The van der Waals surface area contributed by atoms with E-state index in [0.29, 0.717) is 10.0 Å². The van der Waals surface area contributed by atoms with E-state index in [1.165, 1.54) is 19.1 Å². The van der Waals surface area contributed by atoms with Crippen LogP contribution in [-0.4, -0.2) is 5.78 Å². The van der Waals surface area contributed by atoms with E-state index >= 15 is 0 Å². The molecule has 0 saturated heterocycles. The molecule has 1 aromatic rings. The molecule has 0 atom stereocenters. The van der Waals surface area contributed by atoms with Crippen molar-refractivity contribution in [2.24, 2.45) is 0 Å². The lowest BCUT2D eigenvalue weighted by atomic mass is 10.1. The Hall–Kier alpha value is 0.0300. The number of rotatable bonds is 1. The van der Waals surface area contributed by atoms with Crippen LogP contribution >= 0.6 is 38.5 Å². The second kappa shape index (κ2) is 3.83. The second-order valence-corrected chi connectivity index (χ2v) is 4.24. The average Bonchev–Trinajstić information content (AvgIpc) is 1.96. The summed E-state index contributed by atoms with van der Waals surface area (Å²) in [5.74, 6) is -0.521. The van der Waals surface area contributed by atoms with Gasteiger partial charge < -0.3 is 0 Å². The first-order valence-electron chi connectivity index (χ1n) is 3.18. The van der Waals surface area contributed by atoms with Crippen LogP contribution in [0.15, 0.2) is 16.6 Å². The van der Waals surface area contributed by atoms with Crippen LogP contribution in [0.2, 0.25) is 0 Å². The second-order valence-electron chi connectivity index (χ2n) is 2.31. The zero-order valence-corrected chi connectivity index (χ0v) is 9.94. The van der Waals surface area contributed by atoms with E-state index in [-0.39, 0.29) is 5.78 Å². The van der Waals surface area contributed by atoms with E-state index < -0.39 is 5.82 Å². The molecule has 0 fully saturated rings. The van der Waals surface area contributed by atoms with Gasteiger partial charge in [-0.1, -0.05) is 0 Å². The molecule has 1 rings (SSSR count). The molecule has 0 unspecified atom stereocenters. The molecule has 1 nitrogen and oxygen atoms in total. The number of ketones is 1. The fraction of sp³-hybridized carbons (Fsp3) is 0.125. The Morgan fingerprint density at radius 2 is 2.17 bits per heavy atom. The highest BCUT2D eigenvalue weighted by atomic mass is 127. The maximum atomic E-state index is 12.8. The van der Waals surface area contributed by atoms with Gasteiger partial charge in [0.1, 0.15) is 5.82 Å². The Balaban J connectivity index is 3.37. The minimum Gasteiger partial charge on any atom is -0.294 e. The molecule has 12 heavy (non-hydrogen) atoms. The van der Waals surface area contributed by atoms with Gasteiger partial charge >= 0.3 is 0 Å². The summed E-state index contributed by atoms with van der Waals surface area (Å²) in [6, 6.07) is 2.59. The average molecular weight is 343 g/mol. The molecule has 0 saturated carbocycles. The van der Waals surface area contributed by atoms with Crippen molar-refractivity contribution in [1.29, 1.82) is 0 Å². The van der Waals surface area contributed by atoms with Crippen LogP contribution in [0, 0.1) is 9.39 Å². The number of halogens is 3. The molecule has 0 aromatic heterocycles. The third-order valence-electron chi connectivity index (χ3n) is 1.37. The quantitative estimate of drug-likeness (QED) is 0.434. The molecule has 4 heteroatoms. The molecule has 1 aromatic carbocycles. The molecule has 0 aliphatic rings. The first kappa shape index (κ1) is 10.1. The highest BCUT2D eigenvalue weighted by Gasteiger charge is 2.09. The van der Waals surface area contributed by atoms with Gasteiger partial charge in [-0.25, -0.2) is 4.39 Å². The third-order valence-corrected chi connectivity index (χ3v) is 3.90. The summed E-state index contributed by atoms with van der Waals surface area (Å²) in [5, 5.41) is 0.